The molecule has 0 aliphatic rings. The lowest BCUT2D eigenvalue weighted by Crippen LogP contribution is -2.00. The van der Waals surface area contributed by atoms with Crippen LogP contribution in [0, 0.1) is 6.92 Å². The summed E-state index contributed by atoms with van der Waals surface area (Å²) in [5, 5.41) is 11.7. The zero-order valence-electron chi connectivity index (χ0n) is 10.7. The highest BCUT2D eigenvalue weighted by Crippen LogP contribution is 2.13. The molecule has 0 fully saturated rings. The minimum absolute atomic E-state index is 0.302. The van der Waals surface area contributed by atoms with Crippen molar-refractivity contribution in [3.8, 4) is 0 Å². The zero-order valence-corrected chi connectivity index (χ0v) is 10.7. The largest absolute Gasteiger partial charge is 0.378 e. The molecule has 0 unspecified atom stereocenters. The number of halogens is 1. The maximum Gasteiger partial charge on any atom is 0.109 e. The topological polar surface area (TPSA) is 47.7 Å². The van der Waals surface area contributed by atoms with Gasteiger partial charge in [-0.25, -0.2) is 4.39 Å². The molecule has 5 nitrogen and oxygen atoms in total. The molecular formula is C12H18FN5. The van der Waals surface area contributed by atoms with Gasteiger partial charge in [-0.05, 0) is 13.8 Å². The molecule has 0 aromatic carbocycles. The monoisotopic (exact) mass is 251 g/mol. The van der Waals surface area contributed by atoms with Crippen LogP contribution in [0.15, 0.2) is 18.6 Å². The Balaban J connectivity index is 1.96. The molecule has 18 heavy (non-hydrogen) atoms. The fourth-order valence-corrected chi connectivity index (χ4v) is 1.76. The molecule has 0 bridgehead atoms. The predicted molar refractivity (Wildman–Crippen MR) is 68.2 cm³/mol. The van der Waals surface area contributed by atoms with E-state index in [4.69, 9.17) is 0 Å². The Morgan fingerprint density at radius 1 is 1.33 bits per heavy atom. The van der Waals surface area contributed by atoms with Crippen molar-refractivity contribution in [1.82, 2.24) is 19.6 Å². The molecule has 0 saturated heterocycles. The van der Waals surface area contributed by atoms with Crippen molar-refractivity contribution in [2.24, 2.45) is 0 Å². The molecule has 2 aromatic heterocycles. The number of aryl methyl sites for hydroxylation is 3. The molecule has 1 N–H and O–H groups in total. The van der Waals surface area contributed by atoms with Gasteiger partial charge in [-0.2, -0.15) is 10.2 Å². The third-order valence-corrected chi connectivity index (χ3v) is 2.75. The normalized spacial score (nSPS) is 10.8. The molecular weight excluding hydrogens is 233 g/mol. The van der Waals surface area contributed by atoms with Gasteiger partial charge >= 0.3 is 0 Å². The van der Waals surface area contributed by atoms with Crippen LogP contribution < -0.4 is 5.32 Å². The van der Waals surface area contributed by atoms with Crippen molar-refractivity contribution in [3.05, 3.63) is 29.8 Å². The Kier molecular flexibility index (Phi) is 3.96. The number of rotatable bonds is 6. The third-order valence-electron chi connectivity index (χ3n) is 2.75. The van der Waals surface area contributed by atoms with E-state index in [1.54, 1.807) is 4.68 Å². The molecule has 0 spiro atoms. The summed E-state index contributed by atoms with van der Waals surface area (Å²) in [7, 11) is 0. The summed E-state index contributed by atoms with van der Waals surface area (Å²) in [6, 6.07) is 0. The molecule has 2 heterocycles. The minimum Gasteiger partial charge on any atom is -0.378 e. The quantitative estimate of drug-likeness (QED) is 0.854. The summed E-state index contributed by atoms with van der Waals surface area (Å²) in [5.74, 6) is 0. The highest BCUT2D eigenvalue weighted by Gasteiger charge is 2.05. The molecule has 0 atom stereocenters. The van der Waals surface area contributed by atoms with Crippen molar-refractivity contribution in [2.75, 3.05) is 12.0 Å². The van der Waals surface area contributed by atoms with Crippen LogP contribution >= 0.6 is 0 Å². The van der Waals surface area contributed by atoms with Gasteiger partial charge in [-0.15, -0.1) is 0 Å². The van der Waals surface area contributed by atoms with Gasteiger partial charge in [0.1, 0.15) is 6.67 Å². The molecule has 6 heteroatoms. The van der Waals surface area contributed by atoms with Crippen LogP contribution in [0.2, 0.25) is 0 Å². The number of hydrogen-bond acceptors (Lipinski definition) is 3. The maximum absolute atomic E-state index is 12.2. The van der Waals surface area contributed by atoms with Crippen molar-refractivity contribution in [3.63, 3.8) is 0 Å². The standard InChI is InChI=1S/C12H18FN5/c1-3-17-8-11(7-15-17)6-14-12-9-18(5-4-13)16-10(12)2/h7-9,14H,3-6H2,1-2H3. The van der Waals surface area contributed by atoms with Gasteiger partial charge in [0.25, 0.3) is 0 Å². The van der Waals surface area contributed by atoms with E-state index in [1.165, 1.54) is 0 Å². The second-order valence-corrected chi connectivity index (χ2v) is 4.14. The third kappa shape index (κ3) is 2.88. The lowest BCUT2D eigenvalue weighted by atomic mass is 10.3. The molecule has 2 rings (SSSR count). The van der Waals surface area contributed by atoms with E-state index >= 15 is 0 Å². The number of aromatic nitrogens is 4. The molecule has 0 amide bonds. The van der Waals surface area contributed by atoms with Crippen molar-refractivity contribution in [2.45, 2.75) is 33.5 Å². The van der Waals surface area contributed by atoms with Crippen LogP contribution in [0.25, 0.3) is 0 Å². The van der Waals surface area contributed by atoms with Gasteiger partial charge in [-0.3, -0.25) is 9.36 Å². The predicted octanol–water partition coefficient (Wildman–Crippen LogP) is 1.99. The summed E-state index contributed by atoms with van der Waals surface area (Å²) in [5.41, 5.74) is 2.94. The molecule has 0 saturated carbocycles. The average molecular weight is 251 g/mol. The lowest BCUT2D eigenvalue weighted by molar-refractivity contribution is 0.426. The van der Waals surface area contributed by atoms with Gasteiger partial charge in [0.15, 0.2) is 0 Å². The van der Waals surface area contributed by atoms with Crippen molar-refractivity contribution >= 4 is 5.69 Å². The SMILES string of the molecule is CCn1cc(CNc2cn(CCF)nc2C)cn1. The molecule has 0 radical (unpaired) electrons. The minimum atomic E-state index is -0.399. The Morgan fingerprint density at radius 2 is 2.17 bits per heavy atom. The van der Waals surface area contributed by atoms with E-state index in [0.29, 0.717) is 13.1 Å². The van der Waals surface area contributed by atoms with Crippen molar-refractivity contribution < 1.29 is 4.39 Å². The highest BCUT2D eigenvalue weighted by atomic mass is 19.1. The summed E-state index contributed by atoms with van der Waals surface area (Å²) in [6.45, 7) is 5.43. The Morgan fingerprint density at radius 3 is 2.83 bits per heavy atom. The smallest absolute Gasteiger partial charge is 0.109 e. The van der Waals surface area contributed by atoms with E-state index < -0.39 is 6.67 Å². The van der Waals surface area contributed by atoms with Gasteiger partial charge in [0.05, 0.1) is 24.1 Å². The first-order valence-corrected chi connectivity index (χ1v) is 6.08. The number of hydrogen-bond donors (Lipinski definition) is 1. The first-order valence-electron chi connectivity index (χ1n) is 6.08. The fraction of sp³-hybridized carbons (Fsp3) is 0.500. The molecule has 2 aromatic rings. The Hall–Kier alpha value is -1.85. The van der Waals surface area contributed by atoms with Crippen LogP contribution in [0.4, 0.5) is 10.1 Å². The van der Waals surface area contributed by atoms with Crippen molar-refractivity contribution in [1.29, 1.82) is 0 Å². The number of anilines is 1. The van der Waals surface area contributed by atoms with E-state index in [9.17, 15) is 4.39 Å². The molecule has 0 aliphatic carbocycles. The Labute approximate surface area is 106 Å². The second kappa shape index (κ2) is 5.66. The maximum atomic E-state index is 12.2. The number of nitrogens with one attached hydrogen (secondary N) is 1. The van der Waals surface area contributed by atoms with Crippen LogP contribution in [0.3, 0.4) is 0 Å². The number of nitrogens with zero attached hydrogens (tertiary/aromatic N) is 4. The summed E-state index contributed by atoms with van der Waals surface area (Å²) in [4.78, 5) is 0. The van der Waals surface area contributed by atoms with Crippen LogP contribution in [-0.4, -0.2) is 26.2 Å². The van der Waals surface area contributed by atoms with Gasteiger partial charge < -0.3 is 5.32 Å². The second-order valence-electron chi connectivity index (χ2n) is 4.14. The van der Waals surface area contributed by atoms with Crippen LogP contribution in [0.1, 0.15) is 18.2 Å². The van der Waals surface area contributed by atoms with E-state index in [0.717, 1.165) is 23.5 Å². The summed E-state index contributed by atoms with van der Waals surface area (Å²) in [6.07, 6.45) is 5.69. The van der Waals surface area contributed by atoms with E-state index in [2.05, 4.69) is 22.4 Å². The molecule has 98 valence electrons. The van der Waals surface area contributed by atoms with Gasteiger partial charge in [-0.1, -0.05) is 0 Å². The van der Waals surface area contributed by atoms with Crippen LogP contribution in [0.5, 0.6) is 0 Å². The first kappa shape index (κ1) is 12.6. The summed E-state index contributed by atoms with van der Waals surface area (Å²) < 4.78 is 15.7. The first-order chi connectivity index (χ1) is 8.72. The molecule has 0 aliphatic heterocycles. The van der Waals surface area contributed by atoms with Gasteiger partial charge in [0.2, 0.25) is 0 Å². The zero-order chi connectivity index (χ0) is 13.0. The summed E-state index contributed by atoms with van der Waals surface area (Å²) >= 11 is 0. The van der Waals surface area contributed by atoms with E-state index in [1.807, 2.05) is 30.2 Å². The fourth-order valence-electron chi connectivity index (χ4n) is 1.76. The van der Waals surface area contributed by atoms with Crippen LogP contribution in [-0.2, 0) is 19.6 Å². The van der Waals surface area contributed by atoms with Gasteiger partial charge in [0, 0.05) is 31.0 Å². The number of alkyl halides is 1. The van der Waals surface area contributed by atoms with E-state index in [-0.39, 0.29) is 0 Å². The Bertz CT molecular complexity index is 502. The average Bonchev–Trinajstić information content (AvgIpc) is 2.94. The lowest BCUT2D eigenvalue weighted by Gasteiger charge is -2.01. The highest BCUT2D eigenvalue weighted by molar-refractivity contribution is 5.45.